The fourth-order valence-corrected chi connectivity index (χ4v) is 4.69. The molecule has 1 aromatic carbocycles. The maximum Gasteiger partial charge on any atom is 0.302 e. The number of phenols is 1. The summed E-state index contributed by atoms with van der Waals surface area (Å²) in [6.45, 7) is 3.66. The Morgan fingerprint density at radius 3 is 2.79 bits per heavy atom. The topological polar surface area (TPSA) is 76.0 Å². The molecule has 1 fully saturated rings. The van der Waals surface area contributed by atoms with E-state index < -0.39 is 12.2 Å². The van der Waals surface area contributed by atoms with E-state index in [-0.39, 0.29) is 23.6 Å². The molecule has 2 aliphatic rings. The van der Waals surface area contributed by atoms with Crippen LogP contribution in [0, 0.1) is 35.5 Å². The van der Waals surface area contributed by atoms with Gasteiger partial charge in [0.05, 0.1) is 13.2 Å². The van der Waals surface area contributed by atoms with Gasteiger partial charge in [-0.2, -0.15) is 0 Å². The fraction of sp³-hybridized carbons (Fsp3) is 0.625. The van der Waals surface area contributed by atoms with Crippen molar-refractivity contribution in [3.63, 3.8) is 0 Å². The van der Waals surface area contributed by atoms with Crippen molar-refractivity contribution in [2.45, 2.75) is 64.6 Å². The van der Waals surface area contributed by atoms with Crippen molar-refractivity contribution >= 4 is 5.97 Å². The predicted molar refractivity (Wildman–Crippen MR) is 110 cm³/mol. The summed E-state index contributed by atoms with van der Waals surface area (Å²) in [5.74, 6) is 8.03. The van der Waals surface area contributed by atoms with Crippen molar-refractivity contribution in [2.24, 2.45) is 23.7 Å². The maximum absolute atomic E-state index is 11.8. The van der Waals surface area contributed by atoms with Crippen LogP contribution in [0.3, 0.4) is 0 Å². The SMILES string of the molecule is COc1cc(C[C@H]2CC#C[C@H]3C[C@@H](CC[C@@H]3C)[C@H](O)C[C@@H]2OC(C)=O)ccc1O. The summed E-state index contributed by atoms with van der Waals surface area (Å²) in [4.78, 5) is 11.8. The van der Waals surface area contributed by atoms with Gasteiger partial charge >= 0.3 is 5.97 Å². The van der Waals surface area contributed by atoms with E-state index in [1.54, 1.807) is 12.1 Å². The molecule has 3 rings (SSSR count). The van der Waals surface area contributed by atoms with Crippen LogP contribution in [-0.2, 0) is 16.0 Å². The van der Waals surface area contributed by atoms with Crippen LogP contribution in [-0.4, -0.2) is 35.5 Å². The highest BCUT2D eigenvalue weighted by Crippen LogP contribution is 2.38. The predicted octanol–water partition coefficient (Wildman–Crippen LogP) is 3.70. The lowest BCUT2D eigenvalue weighted by molar-refractivity contribution is -0.151. The average Bonchev–Trinajstić information content (AvgIpc) is 2.68. The molecule has 5 heteroatoms. The molecule has 0 heterocycles. The van der Waals surface area contributed by atoms with Gasteiger partial charge in [0.15, 0.2) is 11.5 Å². The zero-order valence-corrected chi connectivity index (χ0v) is 17.6. The van der Waals surface area contributed by atoms with Crippen molar-refractivity contribution in [1.29, 1.82) is 0 Å². The smallest absolute Gasteiger partial charge is 0.302 e. The van der Waals surface area contributed by atoms with Crippen LogP contribution >= 0.6 is 0 Å². The van der Waals surface area contributed by atoms with Gasteiger partial charge in [-0.3, -0.25) is 4.79 Å². The lowest BCUT2D eigenvalue weighted by atomic mass is 9.71. The van der Waals surface area contributed by atoms with Crippen molar-refractivity contribution < 1.29 is 24.5 Å². The number of carbonyl (C=O) groups excluding carboxylic acids is 1. The van der Waals surface area contributed by atoms with Gasteiger partial charge in [-0.25, -0.2) is 0 Å². The van der Waals surface area contributed by atoms with E-state index >= 15 is 0 Å². The van der Waals surface area contributed by atoms with Gasteiger partial charge in [-0.1, -0.05) is 18.9 Å². The van der Waals surface area contributed by atoms with Crippen LogP contribution in [0.15, 0.2) is 18.2 Å². The van der Waals surface area contributed by atoms with Gasteiger partial charge in [-0.05, 0) is 55.2 Å². The minimum absolute atomic E-state index is 0.0376. The molecule has 0 aliphatic heterocycles. The number of hydrogen-bond donors (Lipinski definition) is 2. The number of methoxy groups -OCH3 is 1. The van der Waals surface area contributed by atoms with Crippen LogP contribution in [0.5, 0.6) is 11.5 Å². The highest BCUT2D eigenvalue weighted by Gasteiger charge is 2.35. The Morgan fingerprint density at radius 2 is 2.07 bits per heavy atom. The molecule has 6 atom stereocenters. The van der Waals surface area contributed by atoms with E-state index in [0.717, 1.165) is 24.8 Å². The number of esters is 1. The van der Waals surface area contributed by atoms with Gasteiger partial charge < -0.3 is 19.7 Å². The first-order valence-electron chi connectivity index (χ1n) is 10.6. The van der Waals surface area contributed by atoms with Crippen LogP contribution < -0.4 is 4.74 Å². The Bertz CT molecular complexity index is 777. The first-order valence-corrected chi connectivity index (χ1v) is 10.6. The summed E-state index contributed by atoms with van der Waals surface area (Å²) < 4.78 is 10.9. The van der Waals surface area contributed by atoms with Crippen molar-refractivity contribution in [2.75, 3.05) is 7.11 Å². The van der Waals surface area contributed by atoms with Gasteiger partial charge in [0, 0.05) is 31.6 Å². The molecular formula is C24H32O5. The zero-order chi connectivity index (χ0) is 21.0. The number of aliphatic hydroxyl groups excluding tert-OH is 1. The molecule has 158 valence electrons. The minimum atomic E-state index is -0.494. The molecule has 0 unspecified atom stereocenters. The van der Waals surface area contributed by atoms with Crippen LogP contribution in [0.2, 0.25) is 0 Å². The van der Waals surface area contributed by atoms with Crippen molar-refractivity contribution in [1.82, 2.24) is 0 Å². The lowest BCUT2D eigenvalue weighted by Gasteiger charge is -2.37. The number of rotatable bonds is 4. The molecule has 0 saturated heterocycles. The van der Waals surface area contributed by atoms with E-state index in [9.17, 15) is 15.0 Å². The molecule has 0 spiro atoms. The third-order valence-corrected chi connectivity index (χ3v) is 6.49. The lowest BCUT2D eigenvalue weighted by Crippen LogP contribution is -2.37. The number of benzene rings is 1. The number of carbonyl (C=O) groups is 1. The Kier molecular flexibility index (Phi) is 7.08. The number of phenolic OH excluding ortho intramolecular Hbond substituents is 1. The largest absolute Gasteiger partial charge is 0.504 e. The Hall–Kier alpha value is -2.19. The molecule has 2 N–H and O–H groups in total. The molecule has 5 nitrogen and oxygen atoms in total. The standard InChI is InChI=1S/C24H32O5/c1-15-7-9-19-13-18(15)5-4-6-20(23(14-22(19)27)29-16(2)25)11-17-8-10-21(26)24(12-17)28-3/h8,10,12,15,18-20,22-23,26-27H,6-7,9,11,13-14H2,1-3H3/t15-,18-,19+,20+,22+,23-/m0/s1. The second-order valence-corrected chi connectivity index (χ2v) is 8.60. The second-order valence-electron chi connectivity index (χ2n) is 8.60. The highest BCUT2D eigenvalue weighted by atomic mass is 16.5. The van der Waals surface area contributed by atoms with E-state index in [4.69, 9.17) is 9.47 Å². The molecule has 2 aliphatic carbocycles. The number of fused-ring (bicyclic) bond motifs is 2. The number of hydrogen-bond acceptors (Lipinski definition) is 5. The monoisotopic (exact) mass is 400 g/mol. The summed E-state index contributed by atoms with van der Waals surface area (Å²) in [5.41, 5.74) is 0.976. The molecule has 1 aromatic rings. The molecular weight excluding hydrogens is 368 g/mol. The quantitative estimate of drug-likeness (QED) is 0.595. The summed E-state index contributed by atoms with van der Waals surface area (Å²) in [6, 6.07) is 5.27. The number of aliphatic hydroxyl groups is 1. The first kappa shape index (κ1) is 21.5. The van der Waals surface area contributed by atoms with Crippen LogP contribution in [0.1, 0.15) is 51.5 Å². The third-order valence-electron chi connectivity index (χ3n) is 6.49. The molecule has 29 heavy (non-hydrogen) atoms. The highest BCUT2D eigenvalue weighted by molar-refractivity contribution is 5.66. The van der Waals surface area contributed by atoms with Crippen molar-refractivity contribution in [3.8, 4) is 23.3 Å². The summed E-state index contributed by atoms with van der Waals surface area (Å²) in [6.07, 6.45) is 3.76. The molecule has 1 saturated carbocycles. The Morgan fingerprint density at radius 1 is 1.28 bits per heavy atom. The summed E-state index contributed by atoms with van der Waals surface area (Å²) in [7, 11) is 1.52. The van der Waals surface area contributed by atoms with Crippen molar-refractivity contribution in [3.05, 3.63) is 23.8 Å². The van der Waals surface area contributed by atoms with Crippen LogP contribution in [0.4, 0.5) is 0 Å². The first-order chi connectivity index (χ1) is 13.9. The number of ether oxygens (including phenoxy) is 2. The number of aromatic hydroxyl groups is 1. The van der Waals surface area contributed by atoms with Gasteiger partial charge in [0.1, 0.15) is 6.10 Å². The molecule has 0 radical (unpaired) electrons. The average molecular weight is 401 g/mol. The Balaban J connectivity index is 1.88. The Labute approximate surface area is 173 Å². The molecule has 2 bridgehead atoms. The van der Waals surface area contributed by atoms with Gasteiger partial charge in [0.2, 0.25) is 0 Å². The van der Waals surface area contributed by atoms with E-state index in [1.807, 2.05) is 6.07 Å². The van der Waals surface area contributed by atoms with E-state index in [0.29, 0.717) is 36.8 Å². The molecule has 0 aromatic heterocycles. The van der Waals surface area contributed by atoms with E-state index in [2.05, 4.69) is 18.8 Å². The zero-order valence-electron chi connectivity index (χ0n) is 17.6. The third kappa shape index (κ3) is 5.45. The minimum Gasteiger partial charge on any atom is -0.504 e. The van der Waals surface area contributed by atoms with Gasteiger partial charge in [0.25, 0.3) is 0 Å². The summed E-state index contributed by atoms with van der Waals surface area (Å²) in [5, 5.41) is 20.8. The second kappa shape index (κ2) is 9.54. The fourth-order valence-electron chi connectivity index (χ4n) is 4.69. The normalized spacial score (nSPS) is 31.9. The summed E-state index contributed by atoms with van der Waals surface area (Å²) >= 11 is 0. The van der Waals surface area contributed by atoms with Crippen LogP contribution in [0.25, 0.3) is 0 Å². The maximum atomic E-state index is 11.8. The molecule has 0 amide bonds. The van der Waals surface area contributed by atoms with E-state index in [1.165, 1.54) is 14.0 Å². The van der Waals surface area contributed by atoms with Gasteiger partial charge in [-0.15, -0.1) is 5.92 Å².